The van der Waals surface area contributed by atoms with E-state index in [4.69, 9.17) is 16.7 Å². The third-order valence-electron chi connectivity index (χ3n) is 1.98. The summed E-state index contributed by atoms with van der Waals surface area (Å²) < 4.78 is 0. The topological polar surface area (TPSA) is 40.5 Å². The first kappa shape index (κ1) is 12.5. The molecule has 1 aromatic rings. The quantitative estimate of drug-likeness (QED) is 0.889. The molecule has 0 bridgehead atoms. The lowest BCUT2D eigenvalue weighted by Gasteiger charge is -2.18. The van der Waals surface area contributed by atoms with Gasteiger partial charge in [0.15, 0.2) is 0 Å². The van der Waals surface area contributed by atoms with E-state index in [-0.39, 0.29) is 5.91 Å². The van der Waals surface area contributed by atoms with Crippen molar-refractivity contribution in [2.24, 2.45) is 0 Å². The zero-order valence-electron chi connectivity index (χ0n) is 8.95. The fraction of sp³-hybridized carbons (Fsp3) is 0.500. The summed E-state index contributed by atoms with van der Waals surface area (Å²) in [6.07, 6.45) is -0.529. The minimum absolute atomic E-state index is 0.140. The number of carbonyl (C=O) groups excluding carboxylic acids is 1. The lowest BCUT2D eigenvalue weighted by molar-refractivity contribution is 0.0708. The van der Waals surface area contributed by atoms with Crippen molar-refractivity contribution in [3.63, 3.8) is 0 Å². The third kappa shape index (κ3) is 2.93. The molecule has 1 amide bonds. The molecule has 0 aliphatic heterocycles. The summed E-state index contributed by atoms with van der Waals surface area (Å²) in [5.41, 5.74) is 0.912. The zero-order chi connectivity index (χ0) is 11.6. The lowest BCUT2D eigenvalue weighted by atomic mass is 10.3. The third-order valence-corrected chi connectivity index (χ3v) is 3.66. The van der Waals surface area contributed by atoms with Gasteiger partial charge in [0.05, 0.1) is 11.1 Å². The highest BCUT2D eigenvalue weighted by atomic mass is 35.5. The van der Waals surface area contributed by atoms with Crippen LogP contribution >= 0.6 is 22.9 Å². The molecule has 0 fully saturated rings. The maximum absolute atomic E-state index is 11.9. The van der Waals surface area contributed by atoms with Gasteiger partial charge in [-0.15, -0.1) is 11.3 Å². The van der Waals surface area contributed by atoms with Crippen LogP contribution in [0, 0.1) is 6.92 Å². The second-order valence-corrected chi connectivity index (χ2v) is 4.85. The Bertz CT molecular complexity index is 362. The molecule has 84 valence electrons. The minimum Gasteiger partial charge on any atom is -0.392 e. The van der Waals surface area contributed by atoms with E-state index in [0.29, 0.717) is 16.4 Å². The van der Waals surface area contributed by atoms with Crippen LogP contribution < -0.4 is 0 Å². The average Bonchev–Trinajstić information content (AvgIpc) is 2.45. The normalized spacial score (nSPS) is 12.6. The van der Waals surface area contributed by atoms with Gasteiger partial charge in [-0.1, -0.05) is 11.6 Å². The van der Waals surface area contributed by atoms with Gasteiger partial charge in [0.25, 0.3) is 5.91 Å². The fourth-order valence-corrected chi connectivity index (χ4v) is 2.49. The van der Waals surface area contributed by atoms with Crippen molar-refractivity contribution in [2.75, 3.05) is 13.6 Å². The van der Waals surface area contributed by atoms with Crippen molar-refractivity contribution in [3.05, 3.63) is 20.8 Å². The Hall–Kier alpha value is -0.580. The van der Waals surface area contributed by atoms with Crippen molar-refractivity contribution in [1.82, 2.24) is 4.90 Å². The van der Waals surface area contributed by atoms with Gasteiger partial charge in [-0.3, -0.25) is 4.79 Å². The highest BCUT2D eigenvalue weighted by Crippen LogP contribution is 2.28. The van der Waals surface area contributed by atoms with Gasteiger partial charge in [-0.05, 0) is 24.8 Å². The Morgan fingerprint density at radius 2 is 2.33 bits per heavy atom. The van der Waals surface area contributed by atoms with Gasteiger partial charge >= 0.3 is 0 Å². The lowest BCUT2D eigenvalue weighted by Crippen LogP contribution is -2.32. The molecule has 1 unspecified atom stereocenters. The van der Waals surface area contributed by atoms with Crippen molar-refractivity contribution < 1.29 is 9.90 Å². The van der Waals surface area contributed by atoms with Crippen LogP contribution in [0.15, 0.2) is 5.38 Å². The molecule has 1 N–H and O–H groups in total. The van der Waals surface area contributed by atoms with Gasteiger partial charge in [-0.25, -0.2) is 0 Å². The predicted molar refractivity (Wildman–Crippen MR) is 62.7 cm³/mol. The highest BCUT2D eigenvalue weighted by molar-refractivity contribution is 7.13. The van der Waals surface area contributed by atoms with E-state index in [2.05, 4.69) is 0 Å². The van der Waals surface area contributed by atoms with Gasteiger partial charge in [0.2, 0.25) is 0 Å². The Balaban J connectivity index is 2.81. The van der Waals surface area contributed by atoms with Gasteiger partial charge in [-0.2, -0.15) is 0 Å². The summed E-state index contributed by atoms with van der Waals surface area (Å²) in [6.45, 7) is 3.82. The molecule has 0 aromatic carbocycles. The highest BCUT2D eigenvalue weighted by Gasteiger charge is 2.19. The number of aryl methyl sites for hydroxylation is 1. The Morgan fingerprint density at radius 3 is 2.73 bits per heavy atom. The summed E-state index contributed by atoms with van der Waals surface area (Å²) >= 11 is 7.32. The molecule has 1 rings (SSSR count). The number of rotatable bonds is 3. The number of aliphatic hydroxyl groups excluding tert-OH is 1. The first-order valence-electron chi connectivity index (χ1n) is 4.60. The molecule has 1 aromatic heterocycles. The standard InChI is InChI=1S/C10H14ClNO2S/c1-6-5-15-9(8(6)11)10(14)12(3)4-7(2)13/h5,7,13H,4H2,1-3H3. The number of nitrogens with zero attached hydrogens (tertiary/aromatic N) is 1. The summed E-state index contributed by atoms with van der Waals surface area (Å²) in [5.74, 6) is -0.140. The largest absolute Gasteiger partial charge is 0.392 e. The zero-order valence-corrected chi connectivity index (χ0v) is 10.5. The summed E-state index contributed by atoms with van der Waals surface area (Å²) in [4.78, 5) is 13.9. The van der Waals surface area contributed by atoms with E-state index < -0.39 is 6.10 Å². The molecule has 0 aliphatic rings. The number of carbonyl (C=O) groups is 1. The average molecular weight is 248 g/mol. The molecule has 1 atom stereocenters. The molecule has 1 heterocycles. The van der Waals surface area contributed by atoms with Gasteiger partial charge in [0.1, 0.15) is 4.88 Å². The molecule has 0 radical (unpaired) electrons. The fourth-order valence-electron chi connectivity index (χ4n) is 1.23. The number of halogens is 1. The number of amides is 1. The molecule has 0 saturated carbocycles. The van der Waals surface area contributed by atoms with Crippen LogP contribution in [-0.4, -0.2) is 35.6 Å². The van der Waals surface area contributed by atoms with Crippen LogP contribution in [0.3, 0.4) is 0 Å². The summed E-state index contributed by atoms with van der Waals surface area (Å²) in [7, 11) is 1.65. The second kappa shape index (κ2) is 4.96. The van der Waals surface area contributed by atoms with E-state index in [1.165, 1.54) is 16.2 Å². The van der Waals surface area contributed by atoms with Crippen LogP contribution in [0.1, 0.15) is 22.2 Å². The summed E-state index contributed by atoms with van der Waals surface area (Å²) in [5, 5.41) is 11.5. The molecule has 15 heavy (non-hydrogen) atoms. The van der Waals surface area contributed by atoms with Crippen molar-refractivity contribution in [2.45, 2.75) is 20.0 Å². The predicted octanol–water partition coefficient (Wildman–Crippen LogP) is 2.16. The number of hydrogen-bond donors (Lipinski definition) is 1. The van der Waals surface area contributed by atoms with E-state index >= 15 is 0 Å². The smallest absolute Gasteiger partial charge is 0.265 e. The van der Waals surface area contributed by atoms with E-state index in [1.807, 2.05) is 12.3 Å². The SMILES string of the molecule is Cc1csc(C(=O)N(C)CC(C)O)c1Cl. The van der Waals surface area contributed by atoms with E-state index in [1.54, 1.807) is 14.0 Å². The Kier molecular flexibility index (Phi) is 4.13. The van der Waals surface area contributed by atoms with Crippen molar-refractivity contribution in [1.29, 1.82) is 0 Å². The van der Waals surface area contributed by atoms with Gasteiger partial charge < -0.3 is 10.0 Å². The Morgan fingerprint density at radius 1 is 1.73 bits per heavy atom. The molecule has 5 heteroatoms. The van der Waals surface area contributed by atoms with Crippen LogP contribution in [0.2, 0.25) is 5.02 Å². The van der Waals surface area contributed by atoms with Crippen LogP contribution in [0.25, 0.3) is 0 Å². The number of thiophene rings is 1. The van der Waals surface area contributed by atoms with Crippen molar-refractivity contribution in [3.8, 4) is 0 Å². The molecular formula is C10H14ClNO2S. The van der Waals surface area contributed by atoms with Crippen LogP contribution in [-0.2, 0) is 0 Å². The molecule has 0 saturated heterocycles. The number of hydrogen-bond acceptors (Lipinski definition) is 3. The molecular weight excluding hydrogens is 234 g/mol. The molecule has 0 spiro atoms. The first-order chi connectivity index (χ1) is 6.93. The maximum Gasteiger partial charge on any atom is 0.265 e. The maximum atomic E-state index is 11.9. The first-order valence-corrected chi connectivity index (χ1v) is 5.86. The van der Waals surface area contributed by atoms with E-state index in [9.17, 15) is 4.79 Å². The minimum atomic E-state index is -0.529. The van der Waals surface area contributed by atoms with Crippen LogP contribution in [0.5, 0.6) is 0 Å². The monoisotopic (exact) mass is 247 g/mol. The van der Waals surface area contributed by atoms with Gasteiger partial charge in [0, 0.05) is 13.6 Å². The number of aliphatic hydroxyl groups is 1. The number of likely N-dealkylation sites (N-methyl/N-ethyl adjacent to an activating group) is 1. The molecule has 0 aliphatic carbocycles. The van der Waals surface area contributed by atoms with Crippen LogP contribution in [0.4, 0.5) is 0 Å². The van der Waals surface area contributed by atoms with Crippen molar-refractivity contribution >= 4 is 28.8 Å². The van der Waals surface area contributed by atoms with E-state index in [0.717, 1.165) is 5.56 Å². The summed E-state index contributed by atoms with van der Waals surface area (Å²) in [6, 6.07) is 0. The second-order valence-electron chi connectivity index (χ2n) is 3.60. The molecule has 3 nitrogen and oxygen atoms in total. The Labute approximate surface area is 98.3 Å².